The van der Waals surface area contributed by atoms with Crippen LogP contribution in [0.25, 0.3) is 0 Å². The standard InChI is InChI=1S/C21H24ClO/c1-20(2)11-12-21(3,4)19-13-17(9-10-18(19)20)23-14-15-5-7-16(22)8-6-15/h5-8,10,13H,11-12,14H2,1-4H3. The molecule has 0 spiro atoms. The molecule has 0 atom stereocenters. The Kier molecular flexibility index (Phi) is 4.18. The highest BCUT2D eigenvalue weighted by Gasteiger charge is 2.37. The van der Waals surface area contributed by atoms with Crippen LogP contribution >= 0.6 is 11.6 Å². The van der Waals surface area contributed by atoms with Crippen LogP contribution < -0.4 is 4.74 Å². The lowest BCUT2D eigenvalue weighted by atomic mass is 9.63. The van der Waals surface area contributed by atoms with Gasteiger partial charge in [-0.1, -0.05) is 51.4 Å². The second-order valence-electron chi connectivity index (χ2n) is 7.81. The predicted octanol–water partition coefficient (Wildman–Crippen LogP) is 6.07. The van der Waals surface area contributed by atoms with Crippen LogP contribution in [0.1, 0.15) is 57.2 Å². The third-order valence-electron chi connectivity index (χ3n) is 5.07. The maximum atomic E-state index is 5.96. The van der Waals surface area contributed by atoms with Crippen molar-refractivity contribution in [2.45, 2.75) is 58.0 Å². The third-order valence-corrected chi connectivity index (χ3v) is 5.32. The van der Waals surface area contributed by atoms with Crippen LogP contribution in [0.3, 0.4) is 0 Å². The van der Waals surface area contributed by atoms with Crippen LogP contribution in [0.5, 0.6) is 5.75 Å². The van der Waals surface area contributed by atoms with Gasteiger partial charge >= 0.3 is 0 Å². The largest absolute Gasteiger partial charge is 0.488 e. The van der Waals surface area contributed by atoms with Gasteiger partial charge in [-0.3, -0.25) is 0 Å². The fourth-order valence-electron chi connectivity index (χ4n) is 3.31. The number of halogens is 1. The minimum atomic E-state index is 0.193. The molecule has 0 unspecified atom stereocenters. The van der Waals surface area contributed by atoms with Crippen molar-refractivity contribution in [2.24, 2.45) is 0 Å². The van der Waals surface area contributed by atoms with Crippen molar-refractivity contribution >= 4 is 11.6 Å². The number of hydrogen-bond acceptors (Lipinski definition) is 1. The van der Waals surface area contributed by atoms with Crippen molar-refractivity contribution < 1.29 is 4.74 Å². The monoisotopic (exact) mass is 327 g/mol. The summed E-state index contributed by atoms with van der Waals surface area (Å²) in [5.74, 6) is 0.824. The average molecular weight is 328 g/mol. The van der Waals surface area contributed by atoms with Gasteiger partial charge in [-0.05, 0) is 64.6 Å². The fourth-order valence-corrected chi connectivity index (χ4v) is 3.44. The summed E-state index contributed by atoms with van der Waals surface area (Å²) in [5.41, 5.74) is 4.33. The van der Waals surface area contributed by atoms with Gasteiger partial charge in [-0.25, -0.2) is 0 Å². The van der Waals surface area contributed by atoms with E-state index in [1.54, 1.807) is 0 Å². The highest BCUT2D eigenvalue weighted by atomic mass is 35.5. The lowest BCUT2D eigenvalue weighted by molar-refractivity contribution is 0.298. The molecule has 2 heteroatoms. The Bertz CT molecular complexity index is 698. The quantitative estimate of drug-likeness (QED) is 0.665. The first-order chi connectivity index (χ1) is 10.8. The molecule has 1 aliphatic rings. The van der Waals surface area contributed by atoms with Gasteiger partial charge in [0.05, 0.1) is 0 Å². The molecule has 2 aromatic rings. The molecule has 0 saturated heterocycles. The Hall–Kier alpha value is -1.47. The van der Waals surface area contributed by atoms with Crippen molar-refractivity contribution in [3.8, 4) is 5.75 Å². The van der Waals surface area contributed by atoms with E-state index >= 15 is 0 Å². The topological polar surface area (TPSA) is 9.23 Å². The van der Waals surface area contributed by atoms with E-state index in [0.717, 1.165) is 16.3 Å². The maximum Gasteiger partial charge on any atom is 0.128 e. The van der Waals surface area contributed by atoms with E-state index in [0.29, 0.717) is 6.61 Å². The zero-order chi connectivity index (χ0) is 16.7. The summed E-state index contributed by atoms with van der Waals surface area (Å²) in [5, 5.41) is 0.748. The molecule has 0 N–H and O–H groups in total. The minimum absolute atomic E-state index is 0.193. The first kappa shape index (κ1) is 16.4. The highest BCUT2D eigenvalue weighted by Crippen LogP contribution is 2.46. The molecule has 0 saturated carbocycles. The molecule has 3 rings (SSSR count). The average Bonchev–Trinajstić information content (AvgIpc) is 2.51. The van der Waals surface area contributed by atoms with Crippen LogP contribution in [-0.2, 0) is 17.4 Å². The van der Waals surface area contributed by atoms with Crippen molar-refractivity contribution in [2.75, 3.05) is 0 Å². The molecular weight excluding hydrogens is 304 g/mol. The van der Waals surface area contributed by atoms with Gasteiger partial charge in [0.1, 0.15) is 12.4 Å². The molecule has 1 radical (unpaired) electrons. The van der Waals surface area contributed by atoms with Gasteiger partial charge in [0.25, 0.3) is 0 Å². The lowest BCUT2D eigenvalue weighted by Gasteiger charge is -2.41. The van der Waals surface area contributed by atoms with Crippen LogP contribution in [0.4, 0.5) is 0 Å². The molecule has 0 aromatic heterocycles. The van der Waals surface area contributed by atoms with Crippen molar-refractivity contribution in [1.29, 1.82) is 0 Å². The molecule has 0 fully saturated rings. The van der Waals surface area contributed by atoms with E-state index in [4.69, 9.17) is 16.3 Å². The van der Waals surface area contributed by atoms with Crippen LogP contribution in [0.2, 0.25) is 5.02 Å². The van der Waals surface area contributed by atoms with E-state index in [-0.39, 0.29) is 10.8 Å². The first-order valence-corrected chi connectivity index (χ1v) is 8.60. The smallest absolute Gasteiger partial charge is 0.128 e. The number of hydrogen-bond donors (Lipinski definition) is 0. The predicted molar refractivity (Wildman–Crippen MR) is 96.3 cm³/mol. The molecule has 1 aliphatic carbocycles. The Morgan fingerprint density at radius 2 is 1.61 bits per heavy atom. The van der Waals surface area contributed by atoms with E-state index < -0.39 is 0 Å². The molecule has 0 aliphatic heterocycles. The molecule has 2 aromatic carbocycles. The maximum absolute atomic E-state index is 5.96. The normalized spacial score (nSPS) is 18.3. The van der Waals surface area contributed by atoms with Crippen molar-refractivity contribution in [1.82, 2.24) is 0 Å². The zero-order valence-electron chi connectivity index (χ0n) is 14.4. The van der Waals surface area contributed by atoms with Gasteiger partial charge < -0.3 is 4.74 Å². The molecule has 23 heavy (non-hydrogen) atoms. The van der Waals surface area contributed by atoms with Gasteiger partial charge in [0.15, 0.2) is 0 Å². The molecule has 121 valence electrons. The van der Waals surface area contributed by atoms with Crippen LogP contribution in [0, 0.1) is 6.07 Å². The summed E-state index contributed by atoms with van der Waals surface area (Å²) in [6.07, 6.45) is 2.42. The number of fused-ring (bicyclic) bond motifs is 1. The van der Waals surface area contributed by atoms with E-state index in [2.05, 4.69) is 45.9 Å². The Balaban J connectivity index is 1.84. The fraction of sp³-hybridized carbons (Fsp3) is 0.429. The van der Waals surface area contributed by atoms with Gasteiger partial charge in [0, 0.05) is 11.1 Å². The van der Waals surface area contributed by atoms with Crippen LogP contribution in [0.15, 0.2) is 36.4 Å². The van der Waals surface area contributed by atoms with Crippen molar-refractivity contribution in [3.05, 3.63) is 64.2 Å². The summed E-state index contributed by atoms with van der Waals surface area (Å²) in [6, 6.07) is 15.4. The first-order valence-electron chi connectivity index (χ1n) is 8.22. The number of ether oxygens (including phenoxy) is 1. The van der Waals surface area contributed by atoms with Crippen molar-refractivity contribution in [3.63, 3.8) is 0 Å². The molecule has 1 nitrogen and oxygen atoms in total. The Morgan fingerprint density at radius 3 is 2.26 bits per heavy atom. The minimum Gasteiger partial charge on any atom is -0.488 e. The summed E-state index contributed by atoms with van der Waals surface area (Å²) in [6.45, 7) is 9.83. The Labute approximate surface area is 144 Å². The summed E-state index contributed by atoms with van der Waals surface area (Å²) >= 11 is 5.92. The number of rotatable bonds is 3. The zero-order valence-corrected chi connectivity index (χ0v) is 15.1. The summed E-state index contributed by atoms with van der Waals surface area (Å²) in [4.78, 5) is 0. The second kappa shape index (κ2) is 5.87. The van der Waals surface area contributed by atoms with Gasteiger partial charge in [0.2, 0.25) is 0 Å². The number of benzene rings is 2. The third kappa shape index (κ3) is 3.40. The second-order valence-corrected chi connectivity index (χ2v) is 8.24. The lowest BCUT2D eigenvalue weighted by Crippen LogP contribution is -2.33. The van der Waals surface area contributed by atoms with E-state index in [1.165, 1.54) is 24.0 Å². The van der Waals surface area contributed by atoms with E-state index in [1.807, 2.05) is 24.3 Å². The molecule has 0 amide bonds. The summed E-state index contributed by atoms with van der Waals surface area (Å²) in [7, 11) is 0. The SMILES string of the molecule is CC1(C)CCC(C)(C)c2cc(OCc3ccc(Cl)cc3)[c]cc21. The summed E-state index contributed by atoms with van der Waals surface area (Å²) < 4.78 is 5.96. The molecule has 0 bridgehead atoms. The van der Waals surface area contributed by atoms with Crippen LogP contribution in [-0.4, -0.2) is 0 Å². The Morgan fingerprint density at radius 1 is 1.00 bits per heavy atom. The van der Waals surface area contributed by atoms with Gasteiger partial charge in [-0.2, -0.15) is 0 Å². The van der Waals surface area contributed by atoms with E-state index in [9.17, 15) is 0 Å². The highest BCUT2D eigenvalue weighted by molar-refractivity contribution is 6.30. The molecular formula is C21H24ClO. The molecule has 0 heterocycles. The van der Waals surface area contributed by atoms with Gasteiger partial charge in [-0.15, -0.1) is 0 Å².